The molecule has 0 bridgehead atoms. The van der Waals surface area contributed by atoms with E-state index in [1.165, 1.54) is 6.20 Å². The van der Waals surface area contributed by atoms with Gasteiger partial charge in [0.05, 0.1) is 29.9 Å². The van der Waals surface area contributed by atoms with E-state index >= 15 is 0 Å². The van der Waals surface area contributed by atoms with Crippen molar-refractivity contribution in [1.82, 2.24) is 15.0 Å². The molecule has 0 radical (unpaired) electrons. The van der Waals surface area contributed by atoms with Crippen molar-refractivity contribution in [3.63, 3.8) is 0 Å². The number of hydrogen-bond acceptors (Lipinski definition) is 7. The first-order chi connectivity index (χ1) is 13.0. The number of para-hydroxylation sites is 1. The number of aliphatic hydroxyl groups excluding tert-OH is 1. The third-order valence-corrected chi connectivity index (χ3v) is 4.22. The van der Waals surface area contributed by atoms with Crippen LogP contribution < -0.4 is 10.1 Å². The molecule has 2 aromatic heterocycles. The number of anilines is 1. The van der Waals surface area contributed by atoms with Gasteiger partial charge in [0, 0.05) is 10.9 Å². The van der Waals surface area contributed by atoms with Crippen LogP contribution in [0, 0.1) is 11.3 Å². The maximum absolute atomic E-state index is 9.35. The van der Waals surface area contributed by atoms with Gasteiger partial charge < -0.3 is 15.2 Å². The van der Waals surface area contributed by atoms with E-state index in [0.717, 1.165) is 5.56 Å². The Morgan fingerprint density at radius 3 is 2.89 bits per heavy atom. The zero-order valence-electron chi connectivity index (χ0n) is 14.3. The number of fused-ring (bicyclic) bond motifs is 1. The van der Waals surface area contributed by atoms with Gasteiger partial charge in [0.2, 0.25) is 5.28 Å². The number of pyridine rings is 1. The average Bonchev–Trinajstić information content (AvgIpc) is 2.66. The fourth-order valence-corrected chi connectivity index (χ4v) is 3.00. The van der Waals surface area contributed by atoms with Crippen LogP contribution >= 0.6 is 23.2 Å². The van der Waals surface area contributed by atoms with Crippen molar-refractivity contribution >= 4 is 39.9 Å². The molecule has 3 rings (SSSR count). The van der Waals surface area contributed by atoms with Crippen LogP contribution in [-0.4, -0.2) is 33.3 Å². The monoisotopic (exact) mass is 403 g/mol. The zero-order chi connectivity index (χ0) is 19.4. The van der Waals surface area contributed by atoms with Gasteiger partial charge in [-0.3, -0.25) is 0 Å². The minimum absolute atomic E-state index is 0.0730. The molecule has 0 aliphatic rings. The number of aliphatic hydroxyl groups is 1. The lowest BCUT2D eigenvalue weighted by molar-refractivity contribution is 0.199. The number of nitriles is 1. The van der Waals surface area contributed by atoms with E-state index in [0.29, 0.717) is 33.2 Å². The van der Waals surface area contributed by atoms with Crippen LogP contribution in [0.15, 0.2) is 30.5 Å². The Morgan fingerprint density at radius 2 is 2.15 bits per heavy atom. The van der Waals surface area contributed by atoms with E-state index in [2.05, 4.69) is 26.3 Å². The maximum atomic E-state index is 9.35. The predicted octanol–water partition coefficient (Wildman–Crippen LogP) is 3.75. The molecule has 0 saturated heterocycles. The molecule has 27 heavy (non-hydrogen) atoms. The minimum Gasteiger partial charge on any atom is -0.489 e. The molecule has 3 aromatic rings. The second-order valence-electron chi connectivity index (χ2n) is 5.64. The fourth-order valence-electron chi connectivity index (χ4n) is 2.66. The lowest BCUT2D eigenvalue weighted by atomic mass is 10.0. The van der Waals surface area contributed by atoms with Crippen molar-refractivity contribution in [2.75, 3.05) is 18.5 Å². The molecule has 0 amide bonds. The maximum Gasteiger partial charge on any atom is 0.224 e. The average molecular weight is 404 g/mol. The van der Waals surface area contributed by atoms with Gasteiger partial charge in [-0.2, -0.15) is 5.26 Å². The summed E-state index contributed by atoms with van der Waals surface area (Å²) < 4.78 is 5.60. The SMILES string of the molecule is C[C@@H](Nc1nc(Cl)nc2cnc(Cl)cc12)c1cccc(C#N)c1OCCO. The summed E-state index contributed by atoms with van der Waals surface area (Å²) in [4.78, 5) is 12.4. The van der Waals surface area contributed by atoms with Crippen LogP contribution in [0.3, 0.4) is 0 Å². The van der Waals surface area contributed by atoms with Crippen LogP contribution in [0.25, 0.3) is 10.9 Å². The van der Waals surface area contributed by atoms with E-state index in [4.69, 9.17) is 33.0 Å². The standard InChI is InChI=1S/C18H15Cl2N5O2/c1-10(12-4-2-3-11(8-21)16(12)27-6-5-26)23-17-13-7-15(19)22-9-14(13)24-18(20)25-17/h2-4,7,9-10,26H,5-6H2,1H3,(H,23,24,25)/t10-/m1/s1. The summed E-state index contributed by atoms with van der Waals surface area (Å²) in [6, 6.07) is 8.73. The van der Waals surface area contributed by atoms with Crippen LogP contribution in [0.5, 0.6) is 5.75 Å². The summed E-state index contributed by atoms with van der Waals surface area (Å²) in [5.41, 5.74) is 1.68. The Labute approximate surface area is 165 Å². The molecule has 0 aliphatic heterocycles. The second kappa shape index (κ2) is 8.35. The van der Waals surface area contributed by atoms with Gasteiger partial charge in [-0.25, -0.2) is 15.0 Å². The van der Waals surface area contributed by atoms with Crippen molar-refractivity contribution in [2.24, 2.45) is 0 Å². The summed E-state index contributed by atoms with van der Waals surface area (Å²) in [5, 5.41) is 22.7. The number of nitrogens with one attached hydrogen (secondary N) is 1. The van der Waals surface area contributed by atoms with Gasteiger partial charge in [-0.05, 0) is 30.7 Å². The summed E-state index contributed by atoms with van der Waals surface area (Å²) >= 11 is 12.0. The number of benzene rings is 1. The molecule has 138 valence electrons. The lowest BCUT2D eigenvalue weighted by Crippen LogP contribution is -2.13. The Morgan fingerprint density at radius 1 is 1.33 bits per heavy atom. The number of nitrogens with zero attached hydrogens (tertiary/aromatic N) is 4. The Balaban J connectivity index is 2.01. The molecule has 0 saturated carbocycles. The summed E-state index contributed by atoms with van der Waals surface area (Å²) in [6.45, 7) is 1.83. The van der Waals surface area contributed by atoms with Gasteiger partial charge in [-0.1, -0.05) is 23.7 Å². The normalized spacial score (nSPS) is 11.8. The molecule has 1 atom stereocenters. The Hall–Kier alpha value is -2.66. The highest BCUT2D eigenvalue weighted by Gasteiger charge is 2.18. The van der Waals surface area contributed by atoms with Crippen molar-refractivity contribution in [1.29, 1.82) is 5.26 Å². The third kappa shape index (κ3) is 4.19. The highest BCUT2D eigenvalue weighted by molar-refractivity contribution is 6.30. The van der Waals surface area contributed by atoms with Crippen molar-refractivity contribution in [3.05, 3.63) is 52.0 Å². The largest absolute Gasteiger partial charge is 0.489 e. The fraction of sp³-hybridized carbons (Fsp3) is 0.222. The number of halogens is 2. The van der Waals surface area contributed by atoms with Gasteiger partial charge >= 0.3 is 0 Å². The molecular weight excluding hydrogens is 389 g/mol. The van der Waals surface area contributed by atoms with Crippen LogP contribution in [0.2, 0.25) is 10.4 Å². The third-order valence-electron chi connectivity index (χ3n) is 3.84. The number of hydrogen-bond donors (Lipinski definition) is 2. The molecule has 7 nitrogen and oxygen atoms in total. The molecule has 1 aromatic carbocycles. The van der Waals surface area contributed by atoms with Crippen molar-refractivity contribution < 1.29 is 9.84 Å². The first-order valence-electron chi connectivity index (χ1n) is 8.05. The van der Waals surface area contributed by atoms with Crippen LogP contribution in [0.4, 0.5) is 5.82 Å². The number of rotatable bonds is 6. The van der Waals surface area contributed by atoms with Gasteiger partial charge in [0.1, 0.15) is 29.4 Å². The molecule has 2 heterocycles. The summed E-state index contributed by atoms with van der Waals surface area (Å²) in [6.07, 6.45) is 1.52. The topological polar surface area (TPSA) is 104 Å². The second-order valence-corrected chi connectivity index (χ2v) is 6.36. The van der Waals surface area contributed by atoms with Crippen LogP contribution in [-0.2, 0) is 0 Å². The Bertz CT molecular complexity index is 1020. The van der Waals surface area contributed by atoms with Gasteiger partial charge in [-0.15, -0.1) is 0 Å². The quantitative estimate of drug-likeness (QED) is 0.476. The van der Waals surface area contributed by atoms with Crippen LogP contribution in [0.1, 0.15) is 24.1 Å². The van der Waals surface area contributed by atoms with E-state index in [9.17, 15) is 5.26 Å². The first-order valence-corrected chi connectivity index (χ1v) is 8.81. The number of ether oxygens (including phenoxy) is 1. The summed E-state index contributed by atoms with van der Waals surface area (Å²) in [7, 11) is 0. The molecule has 0 aliphatic carbocycles. The van der Waals surface area contributed by atoms with E-state index < -0.39 is 0 Å². The van der Waals surface area contributed by atoms with Crippen molar-refractivity contribution in [3.8, 4) is 11.8 Å². The molecular formula is C18H15Cl2N5O2. The number of aromatic nitrogens is 3. The molecule has 0 fully saturated rings. The van der Waals surface area contributed by atoms with Gasteiger partial charge in [0.25, 0.3) is 0 Å². The highest BCUT2D eigenvalue weighted by atomic mass is 35.5. The molecule has 2 N–H and O–H groups in total. The van der Waals surface area contributed by atoms with Crippen molar-refractivity contribution in [2.45, 2.75) is 13.0 Å². The predicted molar refractivity (Wildman–Crippen MR) is 103 cm³/mol. The molecule has 0 spiro atoms. The Kier molecular flexibility index (Phi) is 5.91. The van der Waals surface area contributed by atoms with E-state index in [1.807, 2.05) is 13.0 Å². The molecule has 0 unspecified atom stereocenters. The van der Waals surface area contributed by atoms with E-state index in [-0.39, 0.29) is 24.5 Å². The highest BCUT2D eigenvalue weighted by Crippen LogP contribution is 2.33. The van der Waals surface area contributed by atoms with Gasteiger partial charge in [0.15, 0.2) is 0 Å². The van der Waals surface area contributed by atoms with E-state index in [1.54, 1.807) is 18.2 Å². The lowest BCUT2D eigenvalue weighted by Gasteiger charge is -2.20. The first kappa shape index (κ1) is 19.1. The smallest absolute Gasteiger partial charge is 0.224 e. The summed E-state index contributed by atoms with van der Waals surface area (Å²) in [5.74, 6) is 0.899. The molecule has 9 heteroatoms. The minimum atomic E-state index is -0.284. The zero-order valence-corrected chi connectivity index (χ0v) is 15.8.